The second kappa shape index (κ2) is 4.05. The number of hydrogen-bond donors (Lipinski definition) is 0. The maximum atomic E-state index is 4.29. The summed E-state index contributed by atoms with van der Waals surface area (Å²) in [6, 6.07) is 2.08. The molecule has 0 fully saturated rings. The Morgan fingerprint density at radius 2 is 1.86 bits per heavy atom. The van der Waals surface area contributed by atoms with Gasteiger partial charge in [0.05, 0.1) is 5.69 Å². The van der Waals surface area contributed by atoms with E-state index in [1.807, 2.05) is 14.1 Å². The van der Waals surface area contributed by atoms with Gasteiger partial charge in [-0.15, -0.1) is 0 Å². The van der Waals surface area contributed by atoms with Crippen LogP contribution in [0, 0.1) is 0 Å². The third kappa shape index (κ3) is 3.07. The van der Waals surface area contributed by atoms with Crippen LogP contribution >= 0.6 is 0 Å². The Morgan fingerprint density at radius 3 is 2.36 bits per heavy atom. The first-order chi connectivity index (χ1) is 6.39. The van der Waals surface area contributed by atoms with Crippen molar-refractivity contribution in [2.24, 2.45) is 0 Å². The van der Waals surface area contributed by atoms with Gasteiger partial charge in [0.1, 0.15) is 6.33 Å². The molecule has 1 aromatic heterocycles. The lowest BCUT2D eigenvalue weighted by molar-refractivity contribution is 0.395. The summed E-state index contributed by atoms with van der Waals surface area (Å²) in [6.45, 7) is 7.35. The predicted molar refractivity (Wildman–Crippen MR) is 58.1 cm³/mol. The lowest BCUT2D eigenvalue weighted by atomic mass is 9.91. The summed E-state index contributed by atoms with van der Waals surface area (Å²) in [5, 5.41) is 0. The fraction of sp³-hybridized carbons (Fsp3) is 0.636. The monoisotopic (exact) mass is 193 g/mol. The summed E-state index contributed by atoms with van der Waals surface area (Å²) < 4.78 is 0. The van der Waals surface area contributed by atoms with Gasteiger partial charge in [-0.25, -0.2) is 9.97 Å². The molecule has 0 aromatic carbocycles. The Kier molecular flexibility index (Phi) is 3.21. The molecule has 0 unspecified atom stereocenters. The number of rotatable bonds is 2. The number of aromatic nitrogens is 2. The van der Waals surface area contributed by atoms with Gasteiger partial charge in [0.25, 0.3) is 0 Å². The normalized spacial score (nSPS) is 12.1. The number of hydrogen-bond acceptors (Lipinski definition) is 3. The summed E-state index contributed by atoms with van der Waals surface area (Å²) in [7, 11) is 4.08. The molecule has 0 saturated heterocycles. The van der Waals surface area contributed by atoms with Crippen LogP contribution in [0.25, 0.3) is 0 Å². The zero-order valence-electron chi connectivity index (χ0n) is 9.70. The molecule has 0 aliphatic rings. The van der Waals surface area contributed by atoms with E-state index < -0.39 is 0 Å². The van der Waals surface area contributed by atoms with Crippen molar-refractivity contribution in [3.05, 3.63) is 23.8 Å². The van der Waals surface area contributed by atoms with E-state index in [4.69, 9.17) is 0 Å². The van der Waals surface area contributed by atoms with E-state index in [9.17, 15) is 0 Å². The van der Waals surface area contributed by atoms with Crippen LogP contribution in [-0.2, 0) is 12.0 Å². The summed E-state index contributed by atoms with van der Waals surface area (Å²) in [6.07, 6.45) is 1.65. The second-order valence-electron chi connectivity index (χ2n) is 4.88. The first kappa shape index (κ1) is 11.1. The zero-order valence-corrected chi connectivity index (χ0v) is 9.70. The minimum atomic E-state index is 0.101. The molecule has 3 heteroatoms. The Hall–Kier alpha value is -0.960. The molecule has 1 aromatic rings. The highest BCUT2D eigenvalue weighted by Crippen LogP contribution is 2.19. The van der Waals surface area contributed by atoms with Crippen molar-refractivity contribution < 1.29 is 0 Å². The van der Waals surface area contributed by atoms with Gasteiger partial charge in [-0.2, -0.15) is 0 Å². The second-order valence-corrected chi connectivity index (χ2v) is 4.88. The molecule has 0 aliphatic carbocycles. The lowest BCUT2D eigenvalue weighted by Gasteiger charge is -2.18. The van der Waals surface area contributed by atoms with E-state index in [-0.39, 0.29) is 5.41 Å². The Morgan fingerprint density at radius 1 is 1.21 bits per heavy atom. The molecule has 1 heterocycles. The van der Waals surface area contributed by atoms with E-state index in [1.54, 1.807) is 6.33 Å². The maximum Gasteiger partial charge on any atom is 0.116 e. The van der Waals surface area contributed by atoms with Crippen molar-refractivity contribution in [2.45, 2.75) is 32.7 Å². The molecule has 0 atom stereocenters. The minimum Gasteiger partial charge on any atom is -0.304 e. The Labute approximate surface area is 86.2 Å². The zero-order chi connectivity index (χ0) is 10.8. The molecule has 0 spiro atoms. The number of nitrogens with zero attached hydrogens (tertiary/aromatic N) is 3. The average molecular weight is 193 g/mol. The van der Waals surface area contributed by atoms with Gasteiger partial charge >= 0.3 is 0 Å². The van der Waals surface area contributed by atoms with E-state index in [2.05, 4.69) is 41.7 Å². The highest BCUT2D eigenvalue weighted by molar-refractivity contribution is 5.15. The van der Waals surface area contributed by atoms with Crippen molar-refractivity contribution in [2.75, 3.05) is 14.1 Å². The van der Waals surface area contributed by atoms with Gasteiger partial charge in [0.15, 0.2) is 0 Å². The first-order valence-corrected chi connectivity index (χ1v) is 4.86. The molecule has 1 rings (SSSR count). The van der Waals surface area contributed by atoms with Crippen LogP contribution in [0.1, 0.15) is 32.2 Å². The van der Waals surface area contributed by atoms with E-state index in [0.29, 0.717) is 0 Å². The molecular formula is C11H19N3. The topological polar surface area (TPSA) is 29.0 Å². The van der Waals surface area contributed by atoms with Crippen LogP contribution < -0.4 is 0 Å². The SMILES string of the molecule is CN(C)Cc1cc(C(C)(C)C)ncn1. The van der Waals surface area contributed by atoms with Crippen LogP contribution in [0.2, 0.25) is 0 Å². The summed E-state index contributed by atoms with van der Waals surface area (Å²) in [5.41, 5.74) is 2.28. The van der Waals surface area contributed by atoms with E-state index >= 15 is 0 Å². The first-order valence-electron chi connectivity index (χ1n) is 4.86. The molecule has 0 N–H and O–H groups in total. The van der Waals surface area contributed by atoms with Crippen molar-refractivity contribution in [3.8, 4) is 0 Å². The Bertz CT molecular complexity index is 300. The van der Waals surface area contributed by atoms with Crippen molar-refractivity contribution in [1.29, 1.82) is 0 Å². The van der Waals surface area contributed by atoms with Gasteiger partial charge in [-0.05, 0) is 20.2 Å². The fourth-order valence-electron chi connectivity index (χ4n) is 1.22. The van der Waals surface area contributed by atoms with E-state index in [0.717, 1.165) is 17.9 Å². The summed E-state index contributed by atoms with van der Waals surface area (Å²) in [5.74, 6) is 0. The lowest BCUT2D eigenvalue weighted by Crippen LogP contribution is -2.17. The predicted octanol–water partition coefficient (Wildman–Crippen LogP) is 1.84. The highest BCUT2D eigenvalue weighted by atomic mass is 15.1. The molecule has 3 nitrogen and oxygen atoms in total. The van der Waals surface area contributed by atoms with Gasteiger partial charge in [-0.3, -0.25) is 0 Å². The standard InChI is InChI=1S/C11H19N3/c1-11(2,3)10-6-9(7-14(4)5)12-8-13-10/h6,8H,7H2,1-5H3. The average Bonchev–Trinajstić information content (AvgIpc) is 2.01. The van der Waals surface area contributed by atoms with Gasteiger partial charge < -0.3 is 4.90 Å². The van der Waals surface area contributed by atoms with Crippen LogP contribution in [-0.4, -0.2) is 29.0 Å². The molecule has 78 valence electrons. The maximum absolute atomic E-state index is 4.29. The van der Waals surface area contributed by atoms with Crippen LogP contribution in [0.3, 0.4) is 0 Å². The summed E-state index contributed by atoms with van der Waals surface area (Å²) >= 11 is 0. The van der Waals surface area contributed by atoms with Crippen LogP contribution in [0.15, 0.2) is 12.4 Å². The third-order valence-electron chi connectivity index (χ3n) is 1.97. The van der Waals surface area contributed by atoms with Crippen molar-refractivity contribution >= 4 is 0 Å². The smallest absolute Gasteiger partial charge is 0.116 e. The molecule has 14 heavy (non-hydrogen) atoms. The van der Waals surface area contributed by atoms with Crippen LogP contribution in [0.5, 0.6) is 0 Å². The largest absolute Gasteiger partial charge is 0.304 e. The molecule has 0 bridgehead atoms. The summed E-state index contributed by atoms with van der Waals surface area (Å²) in [4.78, 5) is 10.6. The molecule has 0 aliphatic heterocycles. The van der Waals surface area contributed by atoms with E-state index in [1.165, 1.54) is 0 Å². The Balaban J connectivity index is 2.90. The third-order valence-corrected chi connectivity index (χ3v) is 1.97. The molecule has 0 radical (unpaired) electrons. The molecule has 0 saturated carbocycles. The van der Waals surface area contributed by atoms with Gasteiger partial charge in [0, 0.05) is 17.7 Å². The van der Waals surface area contributed by atoms with Gasteiger partial charge in [-0.1, -0.05) is 20.8 Å². The minimum absolute atomic E-state index is 0.101. The molecule has 0 amide bonds. The van der Waals surface area contributed by atoms with Crippen molar-refractivity contribution in [3.63, 3.8) is 0 Å². The van der Waals surface area contributed by atoms with Gasteiger partial charge in [0.2, 0.25) is 0 Å². The molecular weight excluding hydrogens is 174 g/mol. The quantitative estimate of drug-likeness (QED) is 0.717. The van der Waals surface area contributed by atoms with Crippen molar-refractivity contribution in [1.82, 2.24) is 14.9 Å². The highest BCUT2D eigenvalue weighted by Gasteiger charge is 2.15. The fourth-order valence-corrected chi connectivity index (χ4v) is 1.22. The van der Waals surface area contributed by atoms with Crippen LogP contribution in [0.4, 0.5) is 0 Å².